The van der Waals surface area contributed by atoms with Crippen LogP contribution in [0.3, 0.4) is 0 Å². The summed E-state index contributed by atoms with van der Waals surface area (Å²) in [5.41, 5.74) is 0.288. The summed E-state index contributed by atoms with van der Waals surface area (Å²) in [6, 6.07) is 16.2. The van der Waals surface area contributed by atoms with Gasteiger partial charge in [0.25, 0.3) is 15.9 Å². The highest BCUT2D eigenvalue weighted by Gasteiger charge is 2.17. The number of carbonyl (C=O) groups is 2. The van der Waals surface area contributed by atoms with Crippen molar-refractivity contribution in [3.8, 4) is 0 Å². The number of Topliss-reactive ketones (excluding diaryl/α,β-unsaturated/α-hetero) is 1. The Morgan fingerprint density at radius 1 is 0.400 bits per heavy atom. The van der Waals surface area contributed by atoms with Crippen LogP contribution in [0.4, 0.5) is 0 Å². The molecular weight excluding hydrogens is 680 g/mol. The molecule has 15 nitrogen and oxygen atoms in total. The third kappa shape index (κ3) is 22.8. The second-order valence-electron chi connectivity index (χ2n) is 9.93. The van der Waals surface area contributed by atoms with Crippen LogP contribution in [0.25, 0.3) is 0 Å². The van der Waals surface area contributed by atoms with Crippen LogP contribution in [-0.4, -0.2) is 152 Å². The van der Waals surface area contributed by atoms with E-state index in [9.17, 15) is 18.0 Å². The first-order valence-corrected chi connectivity index (χ1v) is 17.8. The van der Waals surface area contributed by atoms with E-state index in [0.29, 0.717) is 106 Å². The Kier molecular flexibility index (Phi) is 25.8. The van der Waals surface area contributed by atoms with Crippen molar-refractivity contribution in [2.45, 2.75) is 4.90 Å². The fraction of sp³-hybridized carbons (Fsp3) is 0.588. The van der Waals surface area contributed by atoms with Crippen LogP contribution in [0.5, 0.6) is 0 Å². The van der Waals surface area contributed by atoms with Crippen molar-refractivity contribution in [3.05, 3.63) is 66.2 Å². The van der Waals surface area contributed by atoms with Gasteiger partial charge in [-0.05, 0) is 12.1 Å². The minimum atomic E-state index is -3.77. The minimum Gasteiger partial charge on any atom is -0.457 e. The number of hydrogen-bond acceptors (Lipinski definition) is 15. The van der Waals surface area contributed by atoms with Gasteiger partial charge < -0.3 is 47.4 Å². The molecule has 0 bridgehead atoms. The molecule has 0 fully saturated rings. The van der Waals surface area contributed by atoms with Crippen LogP contribution in [0.1, 0.15) is 10.4 Å². The van der Waals surface area contributed by atoms with Gasteiger partial charge in [0, 0.05) is 5.56 Å². The molecule has 2 rings (SSSR count). The molecular formula is C34H50O15S. The molecule has 0 heterocycles. The topological polar surface area (TPSA) is 170 Å². The molecule has 0 radical (unpaired) electrons. The molecule has 2 aromatic carbocycles. The summed E-state index contributed by atoms with van der Waals surface area (Å²) < 4.78 is 82.4. The molecule has 0 unspecified atom stereocenters. The van der Waals surface area contributed by atoms with Gasteiger partial charge in [0.2, 0.25) is 0 Å². The summed E-state index contributed by atoms with van der Waals surface area (Å²) >= 11 is 0. The molecule has 0 aliphatic heterocycles. The van der Waals surface area contributed by atoms with Gasteiger partial charge in [-0.25, -0.2) is 4.79 Å². The average Bonchev–Trinajstić information content (AvgIpc) is 3.14. The maximum absolute atomic E-state index is 12.0. The summed E-state index contributed by atoms with van der Waals surface area (Å²) in [5, 5.41) is 0. The number of benzene rings is 2. The smallest absolute Gasteiger partial charge is 0.379 e. The van der Waals surface area contributed by atoms with E-state index in [1.165, 1.54) is 12.1 Å². The van der Waals surface area contributed by atoms with E-state index in [1.807, 2.05) is 0 Å². The van der Waals surface area contributed by atoms with E-state index in [2.05, 4.69) is 0 Å². The van der Waals surface area contributed by atoms with Gasteiger partial charge in [0.1, 0.15) is 6.61 Å². The van der Waals surface area contributed by atoms with Crippen LogP contribution < -0.4 is 0 Å². The summed E-state index contributed by atoms with van der Waals surface area (Å²) in [6.07, 6.45) is 0. The summed E-state index contributed by atoms with van der Waals surface area (Å²) in [5.74, 6) is -1.59. The first kappa shape index (κ1) is 43.3. The van der Waals surface area contributed by atoms with E-state index < -0.39 is 21.9 Å². The van der Waals surface area contributed by atoms with Crippen molar-refractivity contribution < 1.29 is 69.6 Å². The SMILES string of the molecule is O=C(OCCOCCOCCOCCOCCOCCOCCOCCOCCOCCOS(=O)(=O)c1ccccc1)C(=O)c1ccccc1. The summed E-state index contributed by atoms with van der Waals surface area (Å²) in [7, 11) is -3.77. The van der Waals surface area contributed by atoms with Gasteiger partial charge >= 0.3 is 5.97 Å². The van der Waals surface area contributed by atoms with Gasteiger partial charge in [0.05, 0.1) is 130 Å². The number of rotatable bonds is 34. The van der Waals surface area contributed by atoms with Crippen molar-refractivity contribution >= 4 is 21.9 Å². The lowest BCUT2D eigenvalue weighted by molar-refractivity contribution is -0.139. The first-order valence-electron chi connectivity index (χ1n) is 16.4. The Balaban J connectivity index is 1.19. The van der Waals surface area contributed by atoms with Crippen molar-refractivity contribution in [2.24, 2.45) is 0 Å². The molecule has 0 N–H and O–H groups in total. The Morgan fingerprint density at radius 2 is 0.700 bits per heavy atom. The Bertz CT molecular complexity index is 1220. The largest absolute Gasteiger partial charge is 0.457 e. The van der Waals surface area contributed by atoms with Crippen LogP contribution in [0.15, 0.2) is 65.6 Å². The van der Waals surface area contributed by atoms with E-state index in [1.54, 1.807) is 48.5 Å². The molecule has 0 aromatic heterocycles. The molecule has 50 heavy (non-hydrogen) atoms. The first-order chi connectivity index (χ1) is 24.5. The van der Waals surface area contributed by atoms with E-state index >= 15 is 0 Å². The van der Waals surface area contributed by atoms with Crippen molar-refractivity contribution in [3.63, 3.8) is 0 Å². The minimum absolute atomic E-state index is 0.0122. The Hall–Kier alpha value is -2.87. The molecule has 0 atom stereocenters. The monoisotopic (exact) mass is 730 g/mol. The molecule has 0 aliphatic rings. The van der Waals surface area contributed by atoms with Crippen molar-refractivity contribution in [1.29, 1.82) is 0 Å². The number of hydrogen-bond donors (Lipinski definition) is 0. The number of ketones is 1. The van der Waals surface area contributed by atoms with Gasteiger partial charge in [-0.2, -0.15) is 8.42 Å². The molecule has 0 saturated carbocycles. The highest BCUT2D eigenvalue weighted by molar-refractivity contribution is 7.86. The molecule has 282 valence electrons. The normalized spacial score (nSPS) is 11.5. The second-order valence-corrected chi connectivity index (χ2v) is 11.5. The molecule has 0 saturated heterocycles. The predicted molar refractivity (Wildman–Crippen MR) is 179 cm³/mol. The van der Waals surface area contributed by atoms with E-state index in [4.69, 9.17) is 51.6 Å². The lowest BCUT2D eigenvalue weighted by Gasteiger charge is -2.09. The van der Waals surface area contributed by atoms with Crippen molar-refractivity contribution in [1.82, 2.24) is 0 Å². The van der Waals surface area contributed by atoms with Crippen LogP contribution in [-0.2, 0) is 66.5 Å². The summed E-state index contributed by atoms with van der Waals surface area (Å²) in [4.78, 5) is 23.7. The molecule has 0 spiro atoms. The van der Waals surface area contributed by atoms with Gasteiger partial charge in [-0.1, -0.05) is 48.5 Å². The highest BCUT2D eigenvalue weighted by atomic mass is 32.2. The zero-order valence-electron chi connectivity index (χ0n) is 28.4. The third-order valence-corrected chi connectivity index (χ3v) is 7.48. The second kappa shape index (κ2) is 29.8. The standard InChI is InChI=1S/C34H50O15S/c35-33(31-7-3-1-4-8-31)34(36)48-29-27-46-25-23-44-21-19-42-17-15-40-13-11-39-12-14-41-16-18-43-20-22-45-24-26-47-28-30-49-50(37,38)32-9-5-2-6-10-32/h1-10H,11-30H2. The van der Waals surface area contributed by atoms with E-state index in [0.717, 1.165) is 0 Å². The quantitative estimate of drug-likeness (QED) is 0.0337. The Labute approximate surface area is 294 Å². The number of esters is 1. The fourth-order valence-corrected chi connectivity index (χ4v) is 4.60. The molecule has 16 heteroatoms. The van der Waals surface area contributed by atoms with E-state index in [-0.39, 0.29) is 36.9 Å². The van der Waals surface area contributed by atoms with Crippen LogP contribution >= 0.6 is 0 Å². The highest BCUT2D eigenvalue weighted by Crippen LogP contribution is 2.10. The van der Waals surface area contributed by atoms with Gasteiger partial charge in [-0.15, -0.1) is 0 Å². The Morgan fingerprint density at radius 3 is 1.06 bits per heavy atom. The predicted octanol–water partition coefficient (Wildman–Crippen LogP) is 1.97. The van der Waals surface area contributed by atoms with Crippen LogP contribution in [0.2, 0.25) is 0 Å². The van der Waals surface area contributed by atoms with Crippen molar-refractivity contribution in [2.75, 3.05) is 132 Å². The maximum Gasteiger partial charge on any atom is 0.379 e. The number of ether oxygens (including phenoxy) is 10. The summed E-state index contributed by atoms with van der Waals surface area (Å²) in [6.45, 7) is 6.82. The van der Waals surface area contributed by atoms with Crippen LogP contribution in [0, 0.1) is 0 Å². The lowest BCUT2D eigenvalue weighted by Crippen LogP contribution is -2.20. The van der Waals surface area contributed by atoms with Gasteiger partial charge in [0.15, 0.2) is 0 Å². The maximum atomic E-state index is 12.0. The van der Waals surface area contributed by atoms with Gasteiger partial charge in [-0.3, -0.25) is 8.98 Å². The fourth-order valence-electron chi connectivity index (χ4n) is 3.69. The third-order valence-electron chi connectivity index (χ3n) is 6.16. The lowest BCUT2D eigenvalue weighted by atomic mass is 10.1. The molecule has 0 amide bonds. The number of carbonyl (C=O) groups excluding carboxylic acids is 2. The molecule has 0 aliphatic carbocycles. The average molecular weight is 731 g/mol. The zero-order valence-corrected chi connectivity index (χ0v) is 29.3. The molecule has 2 aromatic rings. The zero-order chi connectivity index (χ0) is 35.8.